The Hall–Kier alpha value is -1.62. The lowest BCUT2D eigenvalue weighted by atomic mass is 10.0. The van der Waals surface area contributed by atoms with E-state index in [9.17, 15) is 9.50 Å². The van der Waals surface area contributed by atoms with Crippen molar-refractivity contribution < 1.29 is 9.50 Å². The highest BCUT2D eigenvalue weighted by molar-refractivity contribution is 5.79. The molecule has 3 N–H and O–H groups in total. The Balaban J connectivity index is 2.60. The summed E-state index contributed by atoms with van der Waals surface area (Å²) < 4.78 is 13.6. The Kier molecular flexibility index (Phi) is 8.51. The minimum Gasteiger partial charge on any atom is -0.386 e. The summed E-state index contributed by atoms with van der Waals surface area (Å²) in [6.07, 6.45) is 1.28. The molecule has 0 aliphatic rings. The maximum Gasteiger partial charge on any atom is 0.191 e. The lowest BCUT2D eigenvalue weighted by Crippen LogP contribution is -2.39. The molecule has 0 radical (unpaired) electrons. The van der Waals surface area contributed by atoms with Crippen LogP contribution in [0.4, 0.5) is 4.39 Å². The summed E-state index contributed by atoms with van der Waals surface area (Å²) in [5.41, 5.74) is 0.297. The number of guanidine groups is 1. The van der Waals surface area contributed by atoms with E-state index >= 15 is 0 Å². The van der Waals surface area contributed by atoms with Crippen molar-refractivity contribution in [3.05, 3.63) is 35.6 Å². The lowest BCUT2D eigenvalue weighted by molar-refractivity contribution is 0.176. The maximum absolute atomic E-state index is 13.6. The van der Waals surface area contributed by atoms with Crippen LogP contribution in [0, 0.1) is 11.7 Å². The number of benzene rings is 1. The minimum absolute atomic E-state index is 0.218. The molecule has 0 amide bonds. The molecule has 22 heavy (non-hydrogen) atoms. The molecule has 1 rings (SSSR count). The van der Waals surface area contributed by atoms with Crippen molar-refractivity contribution in [3.63, 3.8) is 0 Å². The van der Waals surface area contributed by atoms with E-state index < -0.39 is 11.9 Å². The van der Waals surface area contributed by atoms with Gasteiger partial charge in [0.25, 0.3) is 0 Å². The van der Waals surface area contributed by atoms with Gasteiger partial charge < -0.3 is 15.7 Å². The second-order valence-electron chi connectivity index (χ2n) is 5.32. The highest BCUT2D eigenvalue weighted by Crippen LogP contribution is 2.15. The Labute approximate surface area is 132 Å². The normalized spacial score (nSPS) is 13.3. The number of aliphatic imine (C=N–C) groups is 1. The fourth-order valence-corrected chi connectivity index (χ4v) is 2.16. The van der Waals surface area contributed by atoms with E-state index in [1.165, 1.54) is 6.07 Å². The first kappa shape index (κ1) is 18.4. The van der Waals surface area contributed by atoms with Crippen molar-refractivity contribution in [3.8, 4) is 0 Å². The molecule has 1 unspecified atom stereocenters. The number of hydrogen-bond acceptors (Lipinski definition) is 2. The molecule has 1 atom stereocenters. The number of nitrogens with one attached hydrogen (secondary N) is 2. The molecule has 0 saturated heterocycles. The highest BCUT2D eigenvalue weighted by atomic mass is 19.1. The second kappa shape index (κ2) is 10.2. The number of halogens is 1. The van der Waals surface area contributed by atoms with Gasteiger partial charge in [-0.3, -0.25) is 4.99 Å². The van der Waals surface area contributed by atoms with Gasteiger partial charge in [0, 0.05) is 25.2 Å². The third kappa shape index (κ3) is 6.02. The summed E-state index contributed by atoms with van der Waals surface area (Å²) in [5, 5.41) is 16.3. The number of aliphatic hydroxyl groups is 1. The first-order valence-electron chi connectivity index (χ1n) is 8.06. The summed E-state index contributed by atoms with van der Waals surface area (Å²) in [6.45, 7) is 8.01. The van der Waals surface area contributed by atoms with Crippen molar-refractivity contribution in [1.29, 1.82) is 0 Å². The van der Waals surface area contributed by atoms with Gasteiger partial charge in [0.1, 0.15) is 5.82 Å². The fraction of sp³-hybridized carbons (Fsp3) is 0.588. The van der Waals surface area contributed by atoms with E-state index in [1.54, 1.807) is 18.2 Å². The second-order valence-corrected chi connectivity index (χ2v) is 5.32. The molecule has 0 spiro atoms. The van der Waals surface area contributed by atoms with Crippen LogP contribution >= 0.6 is 0 Å². The quantitative estimate of drug-likeness (QED) is 0.511. The molecule has 124 valence electrons. The van der Waals surface area contributed by atoms with Crippen molar-refractivity contribution in [1.82, 2.24) is 10.6 Å². The molecule has 4 nitrogen and oxygen atoms in total. The summed E-state index contributed by atoms with van der Waals surface area (Å²) in [7, 11) is 0. The van der Waals surface area contributed by atoms with Crippen molar-refractivity contribution in [2.45, 2.75) is 39.7 Å². The molecule has 0 aliphatic heterocycles. The molecule has 0 aliphatic carbocycles. The summed E-state index contributed by atoms with van der Waals surface area (Å²) >= 11 is 0. The molecular weight excluding hydrogens is 281 g/mol. The van der Waals surface area contributed by atoms with Crippen molar-refractivity contribution >= 4 is 5.96 Å². The van der Waals surface area contributed by atoms with Crippen LogP contribution in [0.3, 0.4) is 0 Å². The maximum atomic E-state index is 13.6. The molecule has 0 heterocycles. The largest absolute Gasteiger partial charge is 0.386 e. The van der Waals surface area contributed by atoms with Gasteiger partial charge in [0.15, 0.2) is 5.96 Å². The first-order chi connectivity index (χ1) is 10.6. The predicted molar refractivity (Wildman–Crippen MR) is 89.4 cm³/mol. The van der Waals surface area contributed by atoms with E-state index in [0.717, 1.165) is 25.9 Å². The van der Waals surface area contributed by atoms with E-state index in [1.807, 2.05) is 6.92 Å². The van der Waals surface area contributed by atoms with Gasteiger partial charge in [-0.15, -0.1) is 0 Å². The van der Waals surface area contributed by atoms with Gasteiger partial charge in [0.2, 0.25) is 0 Å². The third-order valence-corrected chi connectivity index (χ3v) is 3.73. The van der Waals surface area contributed by atoms with Gasteiger partial charge in [-0.2, -0.15) is 0 Å². The van der Waals surface area contributed by atoms with Crippen LogP contribution in [-0.4, -0.2) is 30.7 Å². The zero-order valence-electron chi connectivity index (χ0n) is 13.8. The van der Waals surface area contributed by atoms with Gasteiger partial charge in [-0.25, -0.2) is 4.39 Å². The summed E-state index contributed by atoms with van der Waals surface area (Å²) in [6, 6.07) is 6.27. The number of rotatable bonds is 8. The Morgan fingerprint density at radius 3 is 2.45 bits per heavy atom. The topological polar surface area (TPSA) is 56.7 Å². The third-order valence-electron chi connectivity index (χ3n) is 3.73. The van der Waals surface area contributed by atoms with E-state index in [-0.39, 0.29) is 6.54 Å². The Morgan fingerprint density at radius 2 is 1.86 bits per heavy atom. The van der Waals surface area contributed by atoms with E-state index in [4.69, 9.17) is 0 Å². The highest BCUT2D eigenvalue weighted by Gasteiger charge is 2.12. The van der Waals surface area contributed by atoms with Gasteiger partial charge in [-0.05, 0) is 18.9 Å². The fourth-order valence-electron chi connectivity index (χ4n) is 2.16. The number of hydrogen-bond donors (Lipinski definition) is 3. The van der Waals surface area contributed by atoms with Crippen LogP contribution in [0.25, 0.3) is 0 Å². The Bertz CT molecular complexity index is 461. The smallest absolute Gasteiger partial charge is 0.191 e. The Morgan fingerprint density at radius 1 is 1.18 bits per heavy atom. The average molecular weight is 309 g/mol. The lowest BCUT2D eigenvalue weighted by Gasteiger charge is -2.17. The molecule has 0 aromatic heterocycles. The molecule has 0 fully saturated rings. The van der Waals surface area contributed by atoms with E-state index in [0.29, 0.717) is 17.4 Å². The van der Waals surface area contributed by atoms with Crippen molar-refractivity contribution in [2.24, 2.45) is 10.9 Å². The van der Waals surface area contributed by atoms with Crippen LogP contribution in [0.15, 0.2) is 29.3 Å². The zero-order valence-corrected chi connectivity index (χ0v) is 13.8. The molecular formula is C17H28FN3O. The molecule has 0 saturated carbocycles. The first-order valence-corrected chi connectivity index (χ1v) is 8.06. The molecule has 0 bridgehead atoms. The van der Waals surface area contributed by atoms with Crippen LogP contribution in [-0.2, 0) is 0 Å². The van der Waals surface area contributed by atoms with Crippen LogP contribution in [0.2, 0.25) is 0 Å². The van der Waals surface area contributed by atoms with Gasteiger partial charge in [-0.1, -0.05) is 44.9 Å². The molecule has 1 aromatic carbocycles. The molecule has 5 heteroatoms. The minimum atomic E-state index is -0.904. The van der Waals surface area contributed by atoms with Gasteiger partial charge >= 0.3 is 0 Å². The zero-order chi connectivity index (χ0) is 16.4. The van der Waals surface area contributed by atoms with Crippen LogP contribution < -0.4 is 10.6 Å². The summed E-state index contributed by atoms with van der Waals surface area (Å²) in [5.74, 6) is 0.826. The standard InChI is InChI=1S/C17H28FN3O/c1-4-13(5-2)11-20-17(19-6-3)21-12-16(22)14-9-7-8-10-15(14)18/h7-10,13,16,22H,4-6,11-12H2,1-3H3,(H2,19,20,21). The monoisotopic (exact) mass is 309 g/mol. The van der Waals surface area contributed by atoms with Crippen molar-refractivity contribution in [2.75, 3.05) is 19.6 Å². The SMILES string of the molecule is CCNC(=NCC(CC)CC)NCC(O)c1ccccc1F. The molecule has 1 aromatic rings. The van der Waals surface area contributed by atoms with Gasteiger partial charge in [0.05, 0.1) is 6.10 Å². The van der Waals surface area contributed by atoms with Crippen LogP contribution in [0.5, 0.6) is 0 Å². The number of aliphatic hydroxyl groups excluding tert-OH is 1. The van der Waals surface area contributed by atoms with E-state index in [2.05, 4.69) is 29.5 Å². The van der Waals surface area contributed by atoms with Crippen LogP contribution in [0.1, 0.15) is 45.3 Å². The predicted octanol–water partition coefficient (Wildman–Crippen LogP) is 2.85. The number of nitrogens with zero attached hydrogens (tertiary/aromatic N) is 1. The average Bonchev–Trinajstić information content (AvgIpc) is 2.53. The summed E-state index contributed by atoms with van der Waals surface area (Å²) in [4.78, 5) is 4.53.